The number of aliphatic hydroxyl groups is 1. The average Bonchev–Trinajstić information content (AvgIpc) is 3.14. The average molecular weight is 487 g/mol. The Morgan fingerprint density at radius 2 is 1.75 bits per heavy atom. The van der Waals surface area contributed by atoms with Gasteiger partial charge >= 0.3 is 0 Å². The molecule has 186 valence electrons. The van der Waals surface area contributed by atoms with E-state index in [4.69, 9.17) is 9.47 Å². The summed E-state index contributed by atoms with van der Waals surface area (Å²) in [6.45, 7) is 5.00. The second-order valence-electron chi connectivity index (χ2n) is 9.09. The third-order valence-corrected chi connectivity index (χ3v) is 6.15. The number of likely N-dealkylation sites (tertiary alicyclic amines) is 1. The van der Waals surface area contributed by atoms with Crippen molar-refractivity contribution < 1.29 is 24.2 Å². The number of hydrogen-bond acceptors (Lipinski definition) is 6. The van der Waals surface area contributed by atoms with E-state index in [0.29, 0.717) is 35.2 Å². The van der Waals surface area contributed by atoms with Gasteiger partial charge in [-0.3, -0.25) is 14.6 Å². The number of amides is 1. The highest BCUT2D eigenvalue weighted by Crippen LogP contribution is 2.42. The SMILES string of the molecule is COc1cc(C2/C(=C(\O)c3ccncc3)C(=O)C(=O)N2Cc2ccccc2)ccc1OCCC(C)C. The van der Waals surface area contributed by atoms with E-state index in [1.807, 2.05) is 36.4 Å². The first-order valence-electron chi connectivity index (χ1n) is 11.9. The normalized spacial score (nSPS) is 17.0. The molecule has 0 radical (unpaired) electrons. The zero-order chi connectivity index (χ0) is 25.7. The minimum Gasteiger partial charge on any atom is -0.507 e. The molecule has 1 amide bonds. The maximum absolute atomic E-state index is 13.3. The first-order valence-corrected chi connectivity index (χ1v) is 11.9. The van der Waals surface area contributed by atoms with Crippen molar-refractivity contribution >= 4 is 17.4 Å². The van der Waals surface area contributed by atoms with Crippen LogP contribution in [0.2, 0.25) is 0 Å². The van der Waals surface area contributed by atoms with Crippen molar-refractivity contribution in [2.24, 2.45) is 5.92 Å². The van der Waals surface area contributed by atoms with Crippen LogP contribution in [-0.2, 0) is 16.1 Å². The lowest BCUT2D eigenvalue weighted by Crippen LogP contribution is -2.29. The van der Waals surface area contributed by atoms with E-state index in [-0.39, 0.29) is 17.9 Å². The molecule has 1 aromatic heterocycles. The Balaban J connectivity index is 1.79. The Morgan fingerprint density at radius 1 is 1.03 bits per heavy atom. The number of aliphatic hydroxyl groups excluding tert-OH is 1. The van der Waals surface area contributed by atoms with E-state index in [1.54, 1.807) is 31.4 Å². The molecule has 36 heavy (non-hydrogen) atoms. The van der Waals surface area contributed by atoms with Crippen LogP contribution in [0.4, 0.5) is 0 Å². The van der Waals surface area contributed by atoms with E-state index in [0.717, 1.165) is 12.0 Å². The van der Waals surface area contributed by atoms with Crippen LogP contribution in [0.1, 0.15) is 43.0 Å². The predicted molar refractivity (Wildman–Crippen MR) is 136 cm³/mol. The van der Waals surface area contributed by atoms with Crippen LogP contribution in [0.15, 0.2) is 78.6 Å². The molecule has 2 heterocycles. The Hall–Kier alpha value is -4.13. The highest BCUT2D eigenvalue weighted by atomic mass is 16.5. The number of Topliss-reactive ketones (excluding diaryl/α,β-unsaturated/α-hetero) is 1. The fraction of sp³-hybridized carbons (Fsp3) is 0.276. The summed E-state index contributed by atoms with van der Waals surface area (Å²) in [6, 6.07) is 17.2. The van der Waals surface area contributed by atoms with Crippen molar-refractivity contribution in [1.82, 2.24) is 9.88 Å². The number of hydrogen-bond donors (Lipinski definition) is 1. The molecule has 1 atom stereocenters. The zero-order valence-corrected chi connectivity index (χ0v) is 20.7. The monoisotopic (exact) mass is 486 g/mol. The van der Waals surface area contributed by atoms with Gasteiger partial charge in [-0.25, -0.2) is 0 Å². The van der Waals surface area contributed by atoms with E-state index < -0.39 is 17.7 Å². The topological polar surface area (TPSA) is 89.0 Å². The van der Waals surface area contributed by atoms with Gasteiger partial charge in [-0.2, -0.15) is 0 Å². The maximum atomic E-state index is 13.3. The van der Waals surface area contributed by atoms with Gasteiger partial charge in [0.15, 0.2) is 11.5 Å². The molecule has 2 aromatic carbocycles. The highest BCUT2D eigenvalue weighted by Gasteiger charge is 2.46. The van der Waals surface area contributed by atoms with Crippen LogP contribution in [0, 0.1) is 5.92 Å². The van der Waals surface area contributed by atoms with Crippen molar-refractivity contribution in [2.45, 2.75) is 32.9 Å². The van der Waals surface area contributed by atoms with Gasteiger partial charge in [0.1, 0.15) is 5.76 Å². The fourth-order valence-corrected chi connectivity index (χ4v) is 4.21. The summed E-state index contributed by atoms with van der Waals surface area (Å²) in [6.07, 6.45) is 3.95. The highest BCUT2D eigenvalue weighted by molar-refractivity contribution is 6.46. The van der Waals surface area contributed by atoms with Gasteiger partial charge in [0.2, 0.25) is 0 Å². The van der Waals surface area contributed by atoms with Crippen LogP contribution in [0.5, 0.6) is 11.5 Å². The second kappa shape index (κ2) is 11.1. The zero-order valence-electron chi connectivity index (χ0n) is 20.7. The number of methoxy groups -OCH3 is 1. The van der Waals surface area contributed by atoms with Gasteiger partial charge in [-0.05, 0) is 47.7 Å². The number of nitrogens with zero attached hydrogens (tertiary/aromatic N) is 2. The molecular formula is C29H30N2O5. The van der Waals surface area contributed by atoms with Crippen molar-refractivity contribution in [3.05, 3.63) is 95.3 Å². The minimum atomic E-state index is -0.808. The first-order chi connectivity index (χ1) is 17.4. The molecule has 1 N–H and O–H groups in total. The summed E-state index contributed by atoms with van der Waals surface area (Å²) in [5, 5.41) is 11.2. The molecule has 1 unspecified atom stereocenters. The number of pyridine rings is 1. The van der Waals surface area contributed by atoms with Gasteiger partial charge in [0.05, 0.1) is 25.3 Å². The van der Waals surface area contributed by atoms with Gasteiger partial charge < -0.3 is 19.5 Å². The Kier molecular flexibility index (Phi) is 7.68. The standard InChI is InChI=1S/C29H30N2O5/c1-19(2)13-16-36-23-10-9-22(17-24(23)35-3)26-25(27(32)21-11-14-30-15-12-21)28(33)29(34)31(26)18-20-7-5-4-6-8-20/h4-12,14-15,17,19,26,32H,13,16,18H2,1-3H3/b27-25+. The van der Waals surface area contributed by atoms with Crippen LogP contribution in [0.3, 0.4) is 0 Å². The predicted octanol–water partition coefficient (Wildman–Crippen LogP) is 5.14. The van der Waals surface area contributed by atoms with Gasteiger partial charge in [-0.15, -0.1) is 0 Å². The molecule has 7 nitrogen and oxygen atoms in total. The molecule has 1 fully saturated rings. The summed E-state index contributed by atoms with van der Waals surface area (Å²) >= 11 is 0. The van der Waals surface area contributed by atoms with E-state index >= 15 is 0 Å². The molecule has 4 rings (SSSR count). The second-order valence-corrected chi connectivity index (χ2v) is 9.09. The Labute approximate surface area is 211 Å². The quantitative estimate of drug-likeness (QED) is 0.256. The lowest BCUT2D eigenvalue weighted by atomic mass is 9.95. The molecule has 0 aliphatic carbocycles. The molecule has 1 aliphatic rings. The lowest BCUT2D eigenvalue weighted by Gasteiger charge is -2.26. The number of benzene rings is 2. The van der Waals surface area contributed by atoms with Gasteiger partial charge in [0.25, 0.3) is 11.7 Å². The molecule has 0 spiro atoms. The molecule has 1 aliphatic heterocycles. The van der Waals surface area contributed by atoms with E-state index in [2.05, 4.69) is 18.8 Å². The van der Waals surface area contributed by atoms with Crippen LogP contribution < -0.4 is 9.47 Å². The third-order valence-electron chi connectivity index (χ3n) is 6.15. The molecule has 1 saturated heterocycles. The number of ketones is 1. The summed E-state index contributed by atoms with van der Waals surface area (Å²) < 4.78 is 11.5. The van der Waals surface area contributed by atoms with Crippen LogP contribution in [-0.4, -0.2) is 40.4 Å². The maximum Gasteiger partial charge on any atom is 0.295 e. The van der Waals surface area contributed by atoms with Crippen molar-refractivity contribution in [1.29, 1.82) is 0 Å². The van der Waals surface area contributed by atoms with E-state index in [9.17, 15) is 14.7 Å². The van der Waals surface area contributed by atoms with E-state index in [1.165, 1.54) is 17.3 Å². The van der Waals surface area contributed by atoms with Crippen molar-refractivity contribution in [3.63, 3.8) is 0 Å². The summed E-state index contributed by atoms with van der Waals surface area (Å²) in [4.78, 5) is 31.9. The molecular weight excluding hydrogens is 456 g/mol. The largest absolute Gasteiger partial charge is 0.507 e. The van der Waals surface area contributed by atoms with Gasteiger partial charge in [0, 0.05) is 24.5 Å². The molecule has 0 saturated carbocycles. The van der Waals surface area contributed by atoms with Crippen molar-refractivity contribution in [2.75, 3.05) is 13.7 Å². The number of ether oxygens (including phenoxy) is 2. The molecule has 7 heteroatoms. The van der Waals surface area contributed by atoms with Crippen LogP contribution in [0.25, 0.3) is 5.76 Å². The minimum absolute atomic E-state index is 0.0256. The van der Waals surface area contributed by atoms with Crippen LogP contribution >= 0.6 is 0 Å². The summed E-state index contributed by atoms with van der Waals surface area (Å²) in [5.74, 6) is -0.0765. The number of rotatable bonds is 9. The molecule has 0 bridgehead atoms. The van der Waals surface area contributed by atoms with Gasteiger partial charge in [-0.1, -0.05) is 50.2 Å². The smallest absolute Gasteiger partial charge is 0.295 e. The summed E-state index contributed by atoms with van der Waals surface area (Å²) in [7, 11) is 1.55. The number of carbonyl (C=O) groups is 2. The third kappa shape index (κ3) is 5.25. The van der Waals surface area contributed by atoms with Crippen molar-refractivity contribution in [3.8, 4) is 11.5 Å². The first kappa shape index (κ1) is 25.0. The Bertz CT molecular complexity index is 1260. The summed E-state index contributed by atoms with van der Waals surface area (Å²) in [5.41, 5.74) is 1.94. The number of carbonyl (C=O) groups excluding carboxylic acids is 2. The fourth-order valence-electron chi connectivity index (χ4n) is 4.21. The Morgan fingerprint density at radius 3 is 2.42 bits per heavy atom. The number of aromatic nitrogens is 1. The molecule has 3 aromatic rings. The lowest BCUT2D eigenvalue weighted by molar-refractivity contribution is -0.140.